The van der Waals surface area contributed by atoms with Gasteiger partial charge in [0.1, 0.15) is 0 Å². The lowest BCUT2D eigenvalue weighted by Crippen LogP contribution is -2.29. The van der Waals surface area contributed by atoms with Crippen LogP contribution in [-0.2, 0) is 0 Å². The van der Waals surface area contributed by atoms with Crippen LogP contribution in [0.2, 0.25) is 0 Å². The molecule has 1 fully saturated rings. The van der Waals surface area contributed by atoms with E-state index in [2.05, 4.69) is 32.5 Å². The summed E-state index contributed by atoms with van der Waals surface area (Å²) in [5.41, 5.74) is 7.53. The van der Waals surface area contributed by atoms with Crippen molar-refractivity contribution in [2.45, 2.75) is 19.3 Å². The Hall–Kier alpha value is -2.24. The molecule has 1 aromatic heterocycles. The molecule has 19 heavy (non-hydrogen) atoms. The first-order chi connectivity index (χ1) is 9.31. The molecule has 1 aliphatic rings. The first-order valence-electron chi connectivity index (χ1n) is 6.52. The molecule has 0 spiro atoms. The highest BCUT2D eigenvalue weighted by Crippen LogP contribution is 2.23. The van der Waals surface area contributed by atoms with Crippen molar-refractivity contribution >= 4 is 23.4 Å². The molecule has 1 aliphatic heterocycles. The highest BCUT2D eigenvalue weighted by molar-refractivity contribution is 5.58. The maximum atomic E-state index is 5.37. The summed E-state index contributed by atoms with van der Waals surface area (Å²) in [5, 5.41) is 10.4. The van der Waals surface area contributed by atoms with Crippen molar-refractivity contribution in [1.82, 2.24) is 10.2 Å². The third-order valence-electron chi connectivity index (χ3n) is 3.28. The number of piperidine rings is 1. The van der Waals surface area contributed by atoms with Crippen molar-refractivity contribution in [3.63, 3.8) is 0 Å². The highest BCUT2D eigenvalue weighted by Gasteiger charge is 2.10. The molecule has 0 unspecified atom stereocenters. The van der Waals surface area contributed by atoms with Gasteiger partial charge in [-0.3, -0.25) is 0 Å². The second-order valence-corrected chi connectivity index (χ2v) is 4.67. The van der Waals surface area contributed by atoms with E-state index < -0.39 is 0 Å². The summed E-state index contributed by atoms with van der Waals surface area (Å²) >= 11 is 0. The van der Waals surface area contributed by atoms with Crippen molar-refractivity contribution in [2.75, 3.05) is 29.0 Å². The molecule has 0 atom stereocenters. The van der Waals surface area contributed by atoms with Crippen LogP contribution in [-0.4, -0.2) is 23.3 Å². The Balaban J connectivity index is 1.68. The van der Waals surface area contributed by atoms with Gasteiger partial charge in [0.25, 0.3) is 0 Å². The number of nitrogen functional groups attached to an aromatic ring is 1. The van der Waals surface area contributed by atoms with Crippen LogP contribution in [0.3, 0.4) is 0 Å². The van der Waals surface area contributed by atoms with E-state index in [0.717, 1.165) is 18.8 Å². The maximum Gasteiger partial charge on any atom is 0.321 e. The molecule has 0 saturated carbocycles. The summed E-state index contributed by atoms with van der Waals surface area (Å²) in [4.78, 5) is 2.41. The van der Waals surface area contributed by atoms with Crippen LogP contribution in [0.15, 0.2) is 28.7 Å². The third-order valence-corrected chi connectivity index (χ3v) is 3.28. The summed E-state index contributed by atoms with van der Waals surface area (Å²) in [6.07, 6.45) is 3.90. The first kappa shape index (κ1) is 11.8. The lowest BCUT2D eigenvalue weighted by atomic mass is 10.1. The van der Waals surface area contributed by atoms with E-state index in [1.807, 2.05) is 12.1 Å². The predicted octanol–water partition coefficient (Wildman–Crippen LogP) is 2.39. The number of nitrogens with one attached hydrogen (secondary N) is 1. The summed E-state index contributed by atoms with van der Waals surface area (Å²) < 4.78 is 5.07. The number of rotatable bonds is 3. The zero-order valence-electron chi connectivity index (χ0n) is 10.7. The minimum atomic E-state index is 0.0624. The van der Waals surface area contributed by atoms with E-state index in [1.54, 1.807) is 0 Å². The SMILES string of the molecule is Nc1nnc(Nc2ccc(N3CCCCC3)cc2)o1. The summed E-state index contributed by atoms with van der Waals surface area (Å²) in [6, 6.07) is 8.59. The molecule has 3 N–H and O–H groups in total. The van der Waals surface area contributed by atoms with Gasteiger partial charge in [0.2, 0.25) is 0 Å². The number of aromatic nitrogens is 2. The minimum Gasteiger partial charge on any atom is -0.389 e. The average molecular weight is 259 g/mol. The van der Waals surface area contributed by atoms with Crippen molar-refractivity contribution in [2.24, 2.45) is 0 Å². The second kappa shape index (κ2) is 5.17. The lowest BCUT2D eigenvalue weighted by molar-refractivity contribution is 0.578. The molecule has 1 aromatic carbocycles. The predicted molar refractivity (Wildman–Crippen MR) is 74.5 cm³/mol. The monoisotopic (exact) mass is 259 g/mol. The molecule has 6 nitrogen and oxygen atoms in total. The fraction of sp³-hybridized carbons (Fsp3) is 0.385. The zero-order valence-corrected chi connectivity index (χ0v) is 10.7. The van der Waals surface area contributed by atoms with E-state index in [0.29, 0.717) is 6.01 Å². The van der Waals surface area contributed by atoms with Gasteiger partial charge in [-0.2, -0.15) is 0 Å². The summed E-state index contributed by atoms with van der Waals surface area (Å²) in [5.74, 6) is 0. The van der Waals surface area contributed by atoms with Gasteiger partial charge in [-0.1, -0.05) is 10.2 Å². The molecule has 2 heterocycles. The van der Waals surface area contributed by atoms with Crippen molar-refractivity contribution in [3.8, 4) is 0 Å². The Morgan fingerprint density at radius 3 is 2.42 bits per heavy atom. The molecule has 0 amide bonds. The van der Waals surface area contributed by atoms with Crippen LogP contribution in [0.25, 0.3) is 0 Å². The Kier molecular flexibility index (Phi) is 3.22. The number of hydrogen-bond donors (Lipinski definition) is 2. The van der Waals surface area contributed by atoms with Crippen LogP contribution >= 0.6 is 0 Å². The standard InChI is InChI=1S/C13H17N5O/c14-12-16-17-13(19-12)15-10-4-6-11(7-5-10)18-8-2-1-3-9-18/h4-7H,1-3,8-9H2,(H2,14,16)(H,15,17). The number of anilines is 4. The number of benzene rings is 1. The van der Waals surface area contributed by atoms with Crippen LogP contribution in [0.5, 0.6) is 0 Å². The van der Waals surface area contributed by atoms with Crippen LogP contribution in [0.4, 0.5) is 23.4 Å². The molecule has 1 saturated heterocycles. The van der Waals surface area contributed by atoms with Crippen LogP contribution < -0.4 is 16.0 Å². The van der Waals surface area contributed by atoms with Gasteiger partial charge in [-0.15, -0.1) is 0 Å². The first-order valence-corrected chi connectivity index (χ1v) is 6.52. The van der Waals surface area contributed by atoms with Crippen LogP contribution in [0, 0.1) is 0 Å². The fourth-order valence-electron chi connectivity index (χ4n) is 2.32. The quantitative estimate of drug-likeness (QED) is 0.881. The van der Waals surface area contributed by atoms with E-state index in [4.69, 9.17) is 10.2 Å². The largest absolute Gasteiger partial charge is 0.389 e. The fourth-order valence-corrected chi connectivity index (χ4v) is 2.32. The number of nitrogens with zero attached hydrogens (tertiary/aromatic N) is 3. The number of nitrogens with two attached hydrogens (primary N) is 1. The van der Waals surface area contributed by atoms with Gasteiger partial charge < -0.3 is 20.4 Å². The lowest BCUT2D eigenvalue weighted by Gasteiger charge is -2.28. The smallest absolute Gasteiger partial charge is 0.321 e. The zero-order chi connectivity index (χ0) is 13.1. The topological polar surface area (TPSA) is 80.2 Å². The number of hydrogen-bond acceptors (Lipinski definition) is 6. The van der Waals surface area contributed by atoms with Gasteiger partial charge in [-0.25, -0.2) is 0 Å². The Morgan fingerprint density at radius 2 is 1.79 bits per heavy atom. The van der Waals surface area contributed by atoms with Gasteiger partial charge >= 0.3 is 12.0 Å². The molecule has 100 valence electrons. The third kappa shape index (κ3) is 2.78. The van der Waals surface area contributed by atoms with Gasteiger partial charge in [0.15, 0.2) is 0 Å². The normalized spacial score (nSPS) is 15.5. The minimum absolute atomic E-state index is 0.0624. The van der Waals surface area contributed by atoms with E-state index in [-0.39, 0.29) is 6.01 Å². The van der Waals surface area contributed by atoms with E-state index in [9.17, 15) is 0 Å². The molecule has 2 aromatic rings. The molecule has 6 heteroatoms. The molecular formula is C13H17N5O. The Labute approximate surface area is 111 Å². The van der Waals surface area contributed by atoms with Crippen molar-refractivity contribution < 1.29 is 4.42 Å². The maximum absolute atomic E-state index is 5.37. The van der Waals surface area contributed by atoms with E-state index in [1.165, 1.54) is 24.9 Å². The van der Waals surface area contributed by atoms with Gasteiger partial charge in [-0.05, 0) is 43.5 Å². The van der Waals surface area contributed by atoms with E-state index >= 15 is 0 Å². The Bertz CT molecular complexity index is 530. The van der Waals surface area contributed by atoms with Crippen LogP contribution in [0.1, 0.15) is 19.3 Å². The highest BCUT2D eigenvalue weighted by atomic mass is 16.4. The van der Waals surface area contributed by atoms with Gasteiger partial charge in [0.05, 0.1) is 0 Å². The molecular weight excluding hydrogens is 242 g/mol. The van der Waals surface area contributed by atoms with Gasteiger partial charge in [0, 0.05) is 24.5 Å². The summed E-state index contributed by atoms with van der Waals surface area (Å²) in [7, 11) is 0. The Morgan fingerprint density at radius 1 is 1.05 bits per heavy atom. The second-order valence-electron chi connectivity index (χ2n) is 4.67. The molecule has 0 bridgehead atoms. The average Bonchev–Trinajstić information content (AvgIpc) is 2.86. The molecule has 0 aliphatic carbocycles. The summed E-state index contributed by atoms with van der Waals surface area (Å²) in [6.45, 7) is 2.29. The van der Waals surface area contributed by atoms with Crippen molar-refractivity contribution in [1.29, 1.82) is 0 Å². The molecule has 0 radical (unpaired) electrons. The van der Waals surface area contributed by atoms with Crippen molar-refractivity contribution in [3.05, 3.63) is 24.3 Å². The molecule has 3 rings (SSSR count).